The highest BCUT2D eigenvalue weighted by Crippen LogP contribution is 2.32. The Balaban J connectivity index is 1.70. The van der Waals surface area contributed by atoms with Crippen molar-refractivity contribution in [2.45, 2.75) is 0 Å². The standard InChI is InChI=1S/C24H17N3/c1-3-9-17(10-4-1)22-15-20(19-13-7-8-14-21(19)25-22)24-16-23(26-27-24)18-11-5-2-6-12-18/h1-16H,(H,26,27). The van der Waals surface area contributed by atoms with Crippen LogP contribution in [0, 0.1) is 0 Å². The van der Waals surface area contributed by atoms with Crippen molar-refractivity contribution in [3.8, 4) is 33.8 Å². The molecule has 0 spiro atoms. The fourth-order valence-corrected chi connectivity index (χ4v) is 3.37. The van der Waals surface area contributed by atoms with E-state index < -0.39 is 0 Å². The van der Waals surface area contributed by atoms with Gasteiger partial charge < -0.3 is 0 Å². The molecule has 128 valence electrons. The molecule has 0 aliphatic rings. The summed E-state index contributed by atoms with van der Waals surface area (Å²) < 4.78 is 0. The van der Waals surface area contributed by atoms with Crippen LogP contribution in [0.25, 0.3) is 44.7 Å². The number of benzene rings is 3. The molecule has 27 heavy (non-hydrogen) atoms. The number of fused-ring (bicyclic) bond motifs is 1. The van der Waals surface area contributed by atoms with Crippen molar-refractivity contribution in [2.24, 2.45) is 0 Å². The number of hydrogen-bond acceptors (Lipinski definition) is 2. The smallest absolute Gasteiger partial charge is 0.0927 e. The third-order valence-corrected chi connectivity index (χ3v) is 4.72. The predicted octanol–water partition coefficient (Wildman–Crippen LogP) is 5.96. The van der Waals surface area contributed by atoms with Gasteiger partial charge in [-0.2, -0.15) is 5.10 Å². The van der Waals surface area contributed by atoms with Crippen molar-refractivity contribution in [3.63, 3.8) is 0 Å². The molecule has 0 radical (unpaired) electrons. The van der Waals surface area contributed by atoms with Crippen LogP contribution in [0.4, 0.5) is 0 Å². The van der Waals surface area contributed by atoms with E-state index in [1.165, 1.54) is 0 Å². The largest absolute Gasteiger partial charge is 0.277 e. The Morgan fingerprint density at radius 2 is 1.22 bits per heavy atom. The molecule has 1 N–H and O–H groups in total. The summed E-state index contributed by atoms with van der Waals surface area (Å²) in [5.74, 6) is 0. The Morgan fingerprint density at radius 1 is 0.593 bits per heavy atom. The number of aromatic nitrogens is 3. The van der Waals surface area contributed by atoms with Crippen molar-refractivity contribution in [1.82, 2.24) is 15.2 Å². The maximum Gasteiger partial charge on any atom is 0.0927 e. The number of nitrogens with one attached hydrogen (secondary N) is 1. The van der Waals surface area contributed by atoms with E-state index in [2.05, 4.69) is 58.7 Å². The van der Waals surface area contributed by atoms with Crippen LogP contribution in [0.15, 0.2) is 97.1 Å². The Morgan fingerprint density at radius 3 is 1.96 bits per heavy atom. The Labute approximate surface area is 157 Å². The van der Waals surface area contributed by atoms with Crippen LogP contribution in [-0.2, 0) is 0 Å². The number of para-hydroxylation sites is 1. The van der Waals surface area contributed by atoms with Crippen LogP contribution in [0.1, 0.15) is 0 Å². The number of H-pyrrole nitrogens is 1. The second-order valence-electron chi connectivity index (χ2n) is 6.47. The number of aromatic amines is 1. The minimum atomic E-state index is 0.938. The van der Waals surface area contributed by atoms with E-state index in [-0.39, 0.29) is 0 Å². The quantitative estimate of drug-likeness (QED) is 0.437. The van der Waals surface area contributed by atoms with Crippen molar-refractivity contribution in [2.75, 3.05) is 0 Å². The minimum Gasteiger partial charge on any atom is -0.277 e. The highest BCUT2D eigenvalue weighted by atomic mass is 15.1. The summed E-state index contributed by atoms with van der Waals surface area (Å²) in [6.07, 6.45) is 0. The fourth-order valence-electron chi connectivity index (χ4n) is 3.37. The number of pyridine rings is 1. The lowest BCUT2D eigenvalue weighted by molar-refractivity contribution is 1.10. The Hall–Kier alpha value is -3.72. The molecule has 0 fully saturated rings. The third kappa shape index (κ3) is 2.89. The van der Waals surface area contributed by atoms with Gasteiger partial charge in [0.2, 0.25) is 0 Å². The van der Waals surface area contributed by atoms with Crippen LogP contribution in [0.2, 0.25) is 0 Å². The van der Waals surface area contributed by atoms with E-state index in [1.54, 1.807) is 0 Å². The second-order valence-corrected chi connectivity index (χ2v) is 6.47. The first-order valence-corrected chi connectivity index (χ1v) is 8.95. The topological polar surface area (TPSA) is 41.6 Å². The summed E-state index contributed by atoms with van der Waals surface area (Å²) in [7, 11) is 0. The third-order valence-electron chi connectivity index (χ3n) is 4.72. The van der Waals surface area contributed by atoms with Crippen molar-refractivity contribution < 1.29 is 0 Å². The maximum absolute atomic E-state index is 4.86. The molecule has 0 aliphatic heterocycles. The first-order valence-electron chi connectivity index (χ1n) is 8.95. The van der Waals surface area contributed by atoms with Crippen LogP contribution in [0.3, 0.4) is 0 Å². The molecule has 2 heterocycles. The monoisotopic (exact) mass is 347 g/mol. The van der Waals surface area contributed by atoms with Gasteiger partial charge in [-0.3, -0.25) is 5.10 Å². The Bertz CT molecular complexity index is 1210. The molecule has 5 aromatic rings. The molecule has 2 aromatic heterocycles. The zero-order chi connectivity index (χ0) is 18.1. The van der Waals surface area contributed by atoms with Gasteiger partial charge in [-0.25, -0.2) is 4.98 Å². The number of rotatable bonds is 3. The van der Waals surface area contributed by atoms with E-state index in [0.717, 1.165) is 44.7 Å². The zero-order valence-corrected chi connectivity index (χ0v) is 14.6. The summed E-state index contributed by atoms with van der Waals surface area (Å²) >= 11 is 0. The summed E-state index contributed by atoms with van der Waals surface area (Å²) in [6, 6.07) is 32.9. The molecule has 0 saturated heterocycles. The summed E-state index contributed by atoms with van der Waals surface area (Å²) in [5, 5.41) is 8.85. The second kappa shape index (κ2) is 6.54. The Kier molecular flexibility index (Phi) is 3.76. The van der Waals surface area contributed by atoms with Gasteiger partial charge in [0.25, 0.3) is 0 Å². The average molecular weight is 347 g/mol. The van der Waals surface area contributed by atoms with Crippen LogP contribution < -0.4 is 0 Å². The van der Waals surface area contributed by atoms with Gasteiger partial charge >= 0.3 is 0 Å². The lowest BCUT2D eigenvalue weighted by Gasteiger charge is -2.08. The zero-order valence-electron chi connectivity index (χ0n) is 14.6. The SMILES string of the molecule is c1ccc(-c2cc(-c3cc(-c4ccccc4)nc4ccccc34)[nH]n2)cc1. The van der Waals surface area contributed by atoms with E-state index >= 15 is 0 Å². The van der Waals surface area contributed by atoms with Gasteiger partial charge in [0, 0.05) is 22.1 Å². The molecule has 0 amide bonds. The number of nitrogens with zero attached hydrogens (tertiary/aromatic N) is 2. The molecule has 5 rings (SSSR count). The van der Waals surface area contributed by atoms with E-state index in [0.29, 0.717) is 0 Å². The van der Waals surface area contributed by atoms with E-state index in [1.807, 2.05) is 48.5 Å². The average Bonchev–Trinajstić information content (AvgIpc) is 3.24. The first-order chi connectivity index (χ1) is 13.4. The summed E-state index contributed by atoms with van der Waals surface area (Å²) in [5.41, 5.74) is 7.17. The van der Waals surface area contributed by atoms with E-state index in [9.17, 15) is 0 Å². The van der Waals surface area contributed by atoms with Crippen molar-refractivity contribution in [1.29, 1.82) is 0 Å². The predicted molar refractivity (Wildman–Crippen MR) is 110 cm³/mol. The highest BCUT2D eigenvalue weighted by molar-refractivity contribution is 5.96. The number of hydrogen-bond donors (Lipinski definition) is 1. The molecule has 3 nitrogen and oxygen atoms in total. The minimum absolute atomic E-state index is 0.938. The van der Waals surface area contributed by atoms with Crippen LogP contribution in [-0.4, -0.2) is 15.2 Å². The summed E-state index contributed by atoms with van der Waals surface area (Å²) in [4.78, 5) is 4.86. The molecule has 0 atom stereocenters. The molecule has 0 saturated carbocycles. The molecule has 3 heteroatoms. The molecule has 0 aliphatic carbocycles. The van der Waals surface area contributed by atoms with Gasteiger partial charge in [0.1, 0.15) is 0 Å². The lowest BCUT2D eigenvalue weighted by atomic mass is 10.0. The normalized spacial score (nSPS) is 11.0. The van der Waals surface area contributed by atoms with E-state index in [4.69, 9.17) is 4.98 Å². The van der Waals surface area contributed by atoms with Gasteiger partial charge in [-0.1, -0.05) is 78.9 Å². The highest BCUT2D eigenvalue weighted by Gasteiger charge is 2.12. The van der Waals surface area contributed by atoms with Crippen molar-refractivity contribution >= 4 is 10.9 Å². The van der Waals surface area contributed by atoms with Gasteiger partial charge in [0.15, 0.2) is 0 Å². The molecule has 0 unspecified atom stereocenters. The lowest BCUT2D eigenvalue weighted by Crippen LogP contribution is -1.89. The van der Waals surface area contributed by atoms with Gasteiger partial charge in [0.05, 0.1) is 22.6 Å². The molecular formula is C24H17N3. The van der Waals surface area contributed by atoms with Crippen molar-refractivity contribution in [3.05, 3.63) is 97.1 Å². The van der Waals surface area contributed by atoms with Crippen LogP contribution in [0.5, 0.6) is 0 Å². The van der Waals surface area contributed by atoms with Crippen LogP contribution >= 0.6 is 0 Å². The molecule has 0 bridgehead atoms. The van der Waals surface area contributed by atoms with Gasteiger partial charge in [-0.15, -0.1) is 0 Å². The van der Waals surface area contributed by atoms with Gasteiger partial charge in [-0.05, 0) is 18.2 Å². The first kappa shape index (κ1) is 15.5. The maximum atomic E-state index is 4.86. The fraction of sp³-hybridized carbons (Fsp3) is 0. The molecule has 3 aromatic carbocycles. The summed E-state index contributed by atoms with van der Waals surface area (Å²) in [6.45, 7) is 0. The molecular weight excluding hydrogens is 330 g/mol.